The van der Waals surface area contributed by atoms with Crippen LogP contribution in [0.5, 0.6) is 0 Å². The van der Waals surface area contributed by atoms with E-state index < -0.39 is 0 Å². The average Bonchev–Trinajstić information content (AvgIpc) is 2.89. The van der Waals surface area contributed by atoms with E-state index in [2.05, 4.69) is 32.3 Å². The first-order valence-corrected chi connectivity index (χ1v) is 10.2. The van der Waals surface area contributed by atoms with Crippen molar-refractivity contribution in [2.24, 2.45) is 0 Å². The molecular weight excluding hydrogens is 344 g/mol. The van der Waals surface area contributed by atoms with Crippen LogP contribution in [-0.2, 0) is 4.79 Å². The molecule has 1 amide bonds. The highest BCUT2D eigenvalue weighted by atomic mass is 32.2. The van der Waals surface area contributed by atoms with Crippen LogP contribution in [0.2, 0.25) is 0 Å². The minimum Gasteiger partial charge on any atom is -0.372 e. The van der Waals surface area contributed by atoms with Gasteiger partial charge in [-0.1, -0.05) is 24.6 Å². The van der Waals surface area contributed by atoms with Gasteiger partial charge in [-0.15, -0.1) is 0 Å². The second kappa shape index (κ2) is 9.03. The van der Waals surface area contributed by atoms with Crippen LogP contribution in [0.4, 0.5) is 11.4 Å². The summed E-state index contributed by atoms with van der Waals surface area (Å²) in [6.07, 6.45) is 5.18. The molecule has 1 aromatic heterocycles. The Balaban J connectivity index is 1.52. The maximum absolute atomic E-state index is 12.2. The highest BCUT2D eigenvalue weighted by Crippen LogP contribution is 2.22. The molecule has 138 valence electrons. The van der Waals surface area contributed by atoms with Crippen molar-refractivity contribution in [3.05, 3.63) is 41.9 Å². The first kappa shape index (κ1) is 18.7. The van der Waals surface area contributed by atoms with E-state index in [0.29, 0.717) is 5.75 Å². The molecule has 0 atom stereocenters. The van der Waals surface area contributed by atoms with Crippen molar-refractivity contribution < 1.29 is 4.79 Å². The van der Waals surface area contributed by atoms with Gasteiger partial charge in [-0.05, 0) is 57.0 Å². The number of nitrogens with zero attached hydrogens (tertiary/aromatic N) is 3. The Labute approximate surface area is 159 Å². The number of aryl methyl sites for hydroxylation is 2. The lowest BCUT2D eigenvalue weighted by atomic mass is 10.2. The van der Waals surface area contributed by atoms with E-state index in [1.54, 1.807) is 0 Å². The number of nitrogens with one attached hydrogen (secondary N) is 1. The Morgan fingerprint density at radius 1 is 1.08 bits per heavy atom. The minimum absolute atomic E-state index is 0.0218. The quantitative estimate of drug-likeness (QED) is 0.631. The van der Waals surface area contributed by atoms with E-state index in [0.717, 1.165) is 35.3 Å². The number of carbonyl (C=O) groups excluding carboxylic acids is 1. The Morgan fingerprint density at radius 3 is 2.42 bits per heavy atom. The monoisotopic (exact) mass is 370 g/mol. The van der Waals surface area contributed by atoms with Gasteiger partial charge in [-0.2, -0.15) is 0 Å². The van der Waals surface area contributed by atoms with Crippen molar-refractivity contribution in [1.29, 1.82) is 0 Å². The fourth-order valence-corrected chi connectivity index (χ4v) is 3.98. The fraction of sp³-hybridized carbons (Fsp3) is 0.450. The highest BCUT2D eigenvalue weighted by molar-refractivity contribution is 7.99. The number of carbonyl (C=O) groups is 1. The SMILES string of the molecule is Cc1cc(SCC(=O)Nc2ccc(N3CCCCCC3)cc2)nc(C)n1. The third-order valence-electron chi connectivity index (χ3n) is 4.42. The van der Waals surface area contributed by atoms with E-state index in [4.69, 9.17) is 0 Å². The first-order chi connectivity index (χ1) is 12.6. The van der Waals surface area contributed by atoms with Crippen LogP contribution in [-0.4, -0.2) is 34.7 Å². The third kappa shape index (κ3) is 5.46. The van der Waals surface area contributed by atoms with Gasteiger partial charge >= 0.3 is 0 Å². The molecule has 5 nitrogen and oxygen atoms in total. The summed E-state index contributed by atoms with van der Waals surface area (Å²) in [5.74, 6) is 1.05. The molecule has 26 heavy (non-hydrogen) atoms. The second-order valence-electron chi connectivity index (χ2n) is 6.68. The molecule has 1 aliphatic heterocycles. The topological polar surface area (TPSA) is 58.1 Å². The van der Waals surface area contributed by atoms with E-state index >= 15 is 0 Å². The molecule has 6 heteroatoms. The lowest BCUT2D eigenvalue weighted by Crippen LogP contribution is -2.23. The lowest BCUT2D eigenvalue weighted by molar-refractivity contribution is -0.113. The molecular formula is C20H26N4OS. The zero-order valence-corrected chi connectivity index (χ0v) is 16.3. The number of anilines is 2. The van der Waals surface area contributed by atoms with Gasteiger partial charge in [0.1, 0.15) is 10.9 Å². The van der Waals surface area contributed by atoms with Crippen LogP contribution in [0.1, 0.15) is 37.2 Å². The standard InChI is InChI=1S/C20H26N4OS/c1-15-13-20(22-16(2)21-15)26-14-19(25)23-17-7-9-18(10-8-17)24-11-5-3-4-6-12-24/h7-10,13H,3-6,11-12,14H2,1-2H3,(H,23,25). The number of benzene rings is 1. The molecule has 0 aliphatic carbocycles. The van der Waals surface area contributed by atoms with E-state index in [-0.39, 0.29) is 5.91 Å². The fourth-order valence-electron chi connectivity index (χ4n) is 3.18. The van der Waals surface area contributed by atoms with Crippen LogP contribution in [0.3, 0.4) is 0 Å². The van der Waals surface area contributed by atoms with Gasteiger partial charge < -0.3 is 10.2 Å². The van der Waals surface area contributed by atoms with Crippen molar-refractivity contribution in [2.45, 2.75) is 44.6 Å². The van der Waals surface area contributed by atoms with Crippen molar-refractivity contribution in [3.8, 4) is 0 Å². The molecule has 0 spiro atoms. The number of thioether (sulfide) groups is 1. The zero-order valence-electron chi connectivity index (χ0n) is 15.5. The van der Waals surface area contributed by atoms with Gasteiger partial charge in [0, 0.05) is 30.2 Å². The third-order valence-corrected chi connectivity index (χ3v) is 5.33. The lowest BCUT2D eigenvalue weighted by Gasteiger charge is -2.22. The van der Waals surface area contributed by atoms with E-state index in [9.17, 15) is 4.79 Å². The Hall–Kier alpha value is -2.08. The highest BCUT2D eigenvalue weighted by Gasteiger charge is 2.10. The molecule has 1 N–H and O–H groups in total. The molecule has 0 unspecified atom stereocenters. The van der Waals surface area contributed by atoms with Gasteiger partial charge in [-0.25, -0.2) is 9.97 Å². The number of aromatic nitrogens is 2. The van der Waals surface area contributed by atoms with Crippen LogP contribution in [0.25, 0.3) is 0 Å². The number of rotatable bonds is 5. The van der Waals surface area contributed by atoms with Crippen molar-refractivity contribution in [2.75, 3.05) is 29.1 Å². The second-order valence-corrected chi connectivity index (χ2v) is 7.68. The summed E-state index contributed by atoms with van der Waals surface area (Å²) < 4.78 is 0. The van der Waals surface area contributed by atoms with Crippen molar-refractivity contribution in [1.82, 2.24) is 9.97 Å². The van der Waals surface area contributed by atoms with Crippen LogP contribution in [0, 0.1) is 13.8 Å². The summed E-state index contributed by atoms with van der Waals surface area (Å²) in [7, 11) is 0. The number of hydrogen-bond donors (Lipinski definition) is 1. The zero-order chi connectivity index (χ0) is 18.4. The Morgan fingerprint density at radius 2 is 1.77 bits per heavy atom. The Kier molecular flexibility index (Phi) is 6.50. The molecule has 1 saturated heterocycles. The maximum Gasteiger partial charge on any atom is 0.234 e. The predicted octanol–water partition coefficient (Wildman–Crippen LogP) is 4.20. The van der Waals surface area contributed by atoms with Gasteiger partial charge in [0.15, 0.2) is 0 Å². The van der Waals surface area contributed by atoms with E-state index in [1.807, 2.05) is 32.0 Å². The summed E-state index contributed by atoms with van der Waals surface area (Å²) in [6.45, 7) is 6.05. The summed E-state index contributed by atoms with van der Waals surface area (Å²) in [5, 5.41) is 3.80. The van der Waals surface area contributed by atoms with Gasteiger partial charge in [0.2, 0.25) is 5.91 Å². The minimum atomic E-state index is -0.0218. The molecule has 2 aromatic rings. The maximum atomic E-state index is 12.2. The smallest absolute Gasteiger partial charge is 0.234 e. The molecule has 0 saturated carbocycles. The van der Waals surface area contributed by atoms with Gasteiger partial charge in [-0.3, -0.25) is 4.79 Å². The molecule has 0 bridgehead atoms. The van der Waals surface area contributed by atoms with Crippen LogP contribution in [0.15, 0.2) is 35.4 Å². The summed E-state index contributed by atoms with van der Waals surface area (Å²) in [4.78, 5) is 23.2. The molecule has 0 radical (unpaired) electrons. The van der Waals surface area contributed by atoms with Gasteiger partial charge in [0.25, 0.3) is 0 Å². The number of hydrogen-bond acceptors (Lipinski definition) is 5. The Bertz CT molecular complexity index is 720. The molecule has 1 fully saturated rings. The van der Waals surface area contributed by atoms with Crippen molar-refractivity contribution in [3.63, 3.8) is 0 Å². The summed E-state index contributed by atoms with van der Waals surface area (Å²) in [5.41, 5.74) is 3.00. The van der Waals surface area contributed by atoms with E-state index in [1.165, 1.54) is 43.1 Å². The molecule has 3 rings (SSSR count). The molecule has 1 aliphatic rings. The number of amides is 1. The van der Waals surface area contributed by atoms with Gasteiger partial charge in [0.05, 0.1) is 5.75 Å². The molecule has 2 heterocycles. The normalized spacial score (nSPS) is 14.8. The summed E-state index contributed by atoms with van der Waals surface area (Å²) in [6, 6.07) is 10.1. The largest absolute Gasteiger partial charge is 0.372 e. The van der Waals surface area contributed by atoms with Crippen LogP contribution >= 0.6 is 11.8 Å². The predicted molar refractivity (Wildman–Crippen MR) is 108 cm³/mol. The average molecular weight is 371 g/mol. The van der Waals surface area contributed by atoms with Crippen LogP contribution < -0.4 is 10.2 Å². The summed E-state index contributed by atoms with van der Waals surface area (Å²) >= 11 is 1.43. The van der Waals surface area contributed by atoms with Crippen molar-refractivity contribution >= 4 is 29.0 Å². The first-order valence-electron chi connectivity index (χ1n) is 9.20. The molecule has 1 aromatic carbocycles.